The number of hydrogen-bond acceptors (Lipinski definition) is 2. The highest BCUT2D eigenvalue weighted by Crippen LogP contribution is 2.46. The first-order chi connectivity index (χ1) is 7.11. The molecule has 2 atom stereocenters. The van der Waals surface area contributed by atoms with E-state index >= 15 is 0 Å². The van der Waals surface area contributed by atoms with E-state index in [-0.39, 0.29) is 11.6 Å². The molecular weight excluding hydrogens is 188 g/mol. The lowest BCUT2D eigenvalue weighted by Crippen LogP contribution is -2.32. The third kappa shape index (κ3) is 2.24. The molecule has 0 radical (unpaired) electrons. The second-order valence-corrected chi connectivity index (χ2v) is 5.21. The van der Waals surface area contributed by atoms with Crippen LogP contribution in [-0.4, -0.2) is 11.6 Å². The second kappa shape index (κ2) is 3.99. The standard InChI is InChI=1S/C13H20O2/c1-10(2)12(14)15-13-7-4-3-5-11(9-13)6-8-13/h11H,1,3-9H2,2H3. The Hall–Kier alpha value is -0.790. The maximum Gasteiger partial charge on any atom is 0.333 e. The van der Waals surface area contributed by atoms with Crippen molar-refractivity contribution in [3.8, 4) is 0 Å². The molecule has 0 N–H and O–H groups in total. The van der Waals surface area contributed by atoms with E-state index in [1.807, 2.05) is 0 Å². The number of rotatable bonds is 2. The molecule has 15 heavy (non-hydrogen) atoms. The smallest absolute Gasteiger partial charge is 0.333 e. The Morgan fingerprint density at radius 3 is 2.87 bits per heavy atom. The Balaban J connectivity index is 2.05. The number of carbonyl (C=O) groups excluding carboxylic acids is 1. The molecule has 2 fully saturated rings. The summed E-state index contributed by atoms with van der Waals surface area (Å²) in [5.41, 5.74) is 0.397. The van der Waals surface area contributed by atoms with Gasteiger partial charge in [-0.15, -0.1) is 0 Å². The van der Waals surface area contributed by atoms with E-state index in [0.717, 1.165) is 25.2 Å². The molecule has 0 aliphatic heterocycles. The summed E-state index contributed by atoms with van der Waals surface area (Å²) in [7, 11) is 0. The molecule has 0 aromatic carbocycles. The molecule has 2 unspecified atom stereocenters. The highest BCUT2D eigenvalue weighted by Gasteiger charge is 2.43. The molecule has 2 nitrogen and oxygen atoms in total. The molecule has 2 aliphatic carbocycles. The van der Waals surface area contributed by atoms with Gasteiger partial charge in [-0.2, -0.15) is 0 Å². The van der Waals surface area contributed by atoms with Crippen molar-refractivity contribution < 1.29 is 9.53 Å². The van der Waals surface area contributed by atoms with Crippen LogP contribution in [0.2, 0.25) is 0 Å². The van der Waals surface area contributed by atoms with Crippen LogP contribution in [0.5, 0.6) is 0 Å². The molecule has 0 spiro atoms. The van der Waals surface area contributed by atoms with E-state index in [0.29, 0.717) is 5.57 Å². The fourth-order valence-electron chi connectivity index (χ4n) is 2.98. The maximum atomic E-state index is 11.6. The number of fused-ring (bicyclic) bond motifs is 2. The fraction of sp³-hybridized carbons (Fsp3) is 0.769. The van der Waals surface area contributed by atoms with Gasteiger partial charge < -0.3 is 4.74 Å². The Morgan fingerprint density at radius 2 is 2.13 bits per heavy atom. The van der Waals surface area contributed by atoms with Gasteiger partial charge >= 0.3 is 5.97 Å². The van der Waals surface area contributed by atoms with Crippen LogP contribution in [0, 0.1) is 5.92 Å². The van der Waals surface area contributed by atoms with Crippen LogP contribution < -0.4 is 0 Å². The van der Waals surface area contributed by atoms with Gasteiger partial charge in [-0.1, -0.05) is 19.4 Å². The van der Waals surface area contributed by atoms with Crippen molar-refractivity contribution in [2.75, 3.05) is 0 Å². The summed E-state index contributed by atoms with van der Waals surface area (Å²) in [6.45, 7) is 5.37. The van der Waals surface area contributed by atoms with Gasteiger partial charge in [0, 0.05) is 5.57 Å². The molecule has 0 aromatic heterocycles. The molecule has 0 amide bonds. The summed E-state index contributed by atoms with van der Waals surface area (Å²) in [5.74, 6) is 0.600. The monoisotopic (exact) mass is 208 g/mol. The van der Waals surface area contributed by atoms with Crippen molar-refractivity contribution >= 4 is 5.97 Å². The van der Waals surface area contributed by atoms with Crippen molar-refractivity contribution in [3.05, 3.63) is 12.2 Å². The van der Waals surface area contributed by atoms with Crippen molar-refractivity contribution in [2.24, 2.45) is 5.92 Å². The SMILES string of the molecule is C=C(C)C(=O)OC12CCCCC(CC1)C2. The number of hydrogen-bond donors (Lipinski definition) is 0. The van der Waals surface area contributed by atoms with Crippen LogP contribution in [0.15, 0.2) is 12.2 Å². The second-order valence-electron chi connectivity index (χ2n) is 5.21. The predicted molar refractivity (Wildman–Crippen MR) is 59.4 cm³/mol. The quantitative estimate of drug-likeness (QED) is 0.514. The van der Waals surface area contributed by atoms with Crippen LogP contribution in [-0.2, 0) is 9.53 Å². The van der Waals surface area contributed by atoms with Gasteiger partial charge in [-0.25, -0.2) is 4.79 Å². The van der Waals surface area contributed by atoms with Crippen LogP contribution >= 0.6 is 0 Å². The third-order valence-electron chi connectivity index (χ3n) is 3.82. The molecule has 0 aromatic rings. The average Bonchev–Trinajstić information content (AvgIpc) is 2.43. The van der Waals surface area contributed by atoms with Gasteiger partial charge in [0.15, 0.2) is 0 Å². The maximum absolute atomic E-state index is 11.6. The van der Waals surface area contributed by atoms with Crippen LogP contribution in [0.4, 0.5) is 0 Å². The molecule has 2 bridgehead atoms. The van der Waals surface area contributed by atoms with Crippen LogP contribution in [0.25, 0.3) is 0 Å². The zero-order chi connectivity index (χ0) is 10.9. The fourth-order valence-corrected chi connectivity index (χ4v) is 2.98. The van der Waals surface area contributed by atoms with Crippen molar-refractivity contribution in [1.29, 1.82) is 0 Å². The summed E-state index contributed by atoms with van der Waals surface area (Å²) < 4.78 is 5.67. The Morgan fingerprint density at radius 1 is 1.33 bits per heavy atom. The van der Waals surface area contributed by atoms with Crippen LogP contribution in [0.1, 0.15) is 51.9 Å². The summed E-state index contributed by atoms with van der Waals surface area (Å²) in [6, 6.07) is 0. The molecule has 2 aliphatic rings. The molecule has 2 heteroatoms. The number of ether oxygens (including phenoxy) is 1. The highest BCUT2D eigenvalue weighted by atomic mass is 16.6. The van der Waals surface area contributed by atoms with Gasteiger partial charge in [-0.3, -0.25) is 0 Å². The van der Waals surface area contributed by atoms with Gasteiger partial charge in [0.1, 0.15) is 5.60 Å². The van der Waals surface area contributed by atoms with E-state index in [2.05, 4.69) is 6.58 Å². The number of esters is 1. The minimum atomic E-state index is -0.197. The summed E-state index contributed by atoms with van der Waals surface area (Å²) >= 11 is 0. The molecule has 2 saturated carbocycles. The highest BCUT2D eigenvalue weighted by molar-refractivity contribution is 5.87. The zero-order valence-corrected chi connectivity index (χ0v) is 9.55. The van der Waals surface area contributed by atoms with E-state index in [1.165, 1.54) is 25.7 Å². The van der Waals surface area contributed by atoms with Crippen LogP contribution in [0.3, 0.4) is 0 Å². The molecule has 0 saturated heterocycles. The Bertz CT molecular complexity index is 282. The minimum Gasteiger partial charge on any atom is -0.456 e. The van der Waals surface area contributed by atoms with Crippen molar-refractivity contribution in [1.82, 2.24) is 0 Å². The first-order valence-corrected chi connectivity index (χ1v) is 6.00. The van der Waals surface area contributed by atoms with Crippen molar-refractivity contribution in [2.45, 2.75) is 57.5 Å². The largest absolute Gasteiger partial charge is 0.456 e. The zero-order valence-electron chi connectivity index (χ0n) is 9.55. The summed E-state index contributed by atoms with van der Waals surface area (Å²) in [5, 5.41) is 0. The van der Waals surface area contributed by atoms with Gasteiger partial charge in [0.25, 0.3) is 0 Å². The van der Waals surface area contributed by atoms with E-state index in [1.54, 1.807) is 6.92 Å². The van der Waals surface area contributed by atoms with Gasteiger partial charge in [0.05, 0.1) is 0 Å². The molecular formula is C13H20O2. The first-order valence-electron chi connectivity index (χ1n) is 6.00. The average molecular weight is 208 g/mol. The van der Waals surface area contributed by atoms with E-state index in [9.17, 15) is 4.79 Å². The van der Waals surface area contributed by atoms with Gasteiger partial charge in [-0.05, 0) is 44.9 Å². The minimum absolute atomic E-state index is 0.128. The summed E-state index contributed by atoms with van der Waals surface area (Å²) in [4.78, 5) is 11.6. The predicted octanol–water partition coefficient (Wildman–Crippen LogP) is 3.22. The normalized spacial score (nSPS) is 34.6. The lowest BCUT2D eigenvalue weighted by Gasteiger charge is -2.28. The molecule has 0 heterocycles. The lowest BCUT2D eigenvalue weighted by atomic mass is 9.96. The number of carbonyl (C=O) groups is 1. The van der Waals surface area contributed by atoms with E-state index < -0.39 is 0 Å². The lowest BCUT2D eigenvalue weighted by molar-refractivity contribution is -0.155. The molecule has 2 rings (SSSR count). The topological polar surface area (TPSA) is 26.3 Å². The Labute approximate surface area is 91.7 Å². The summed E-state index contributed by atoms with van der Waals surface area (Å²) in [6.07, 6.45) is 8.29. The third-order valence-corrected chi connectivity index (χ3v) is 3.82. The Kier molecular flexibility index (Phi) is 2.85. The van der Waals surface area contributed by atoms with Crippen molar-refractivity contribution in [3.63, 3.8) is 0 Å². The first kappa shape index (κ1) is 10.7. The van der Waals surface area contributed by atoms with Gasteiger partial charge in [0.2, 0.25) is 0 Å². The molecule has 84 valence electrons. The van der Waals surface area contributed by atoms with E-state index in [4.69, 9.17) is 4.74 Å².